The predicted molar refractivity (Wildman–Crippen MR) is 67.1 cm³/mol. The van der Waals surface area contributed by atoms with Crippen LogP contribution in [-0.2, 0) is 11.2 Å². The molecule has 2 aliphatic heterocycles. The number of hydrogen-bond acceptors (Lipinski definition) is 2. The SMILES string of the molecule is CN[C@@H]1CC[C@@H]2Cc3ccccc3[C@H]1O2.Cl. The van der Waals surface area contributed by atoms with Gasteiger partial charge in [0.25, 0.3) is 0 Å². The van der Waals surface area contributed by atoms with Crippen LogP contribution < -0.4 is 5.32 Å². The molecule has 0 unspecified atom stereocenters. The highest BCUT2D eigenvalue weighted by Gasteiger charge is 2.36. The Morgan fingerprint density at radius 2 is 2.06 bits per heavy atom. The second-order valence-corrected chi connectivity index (χ2v) is 4.55. The number of hydrogen-bond donors (Lipinski definition) is 1. The van der Waals surface area contributed by atoms with Crippen LogP contribution in [0.3, 0.4) is 0 Å². The molecule has 2 heterocycles. The van der Waals surface area contributed by atoms with E-state index in [1.807, 2.05) is 7.05 Å². The zero-order valence-corrected chi connectivity index (χ0v) is 10.3. The summed E-state index contributed by atoms with van der Waals surface area (Å²) in [6.45, 7) is 0. The molecule has 2 aliphatic rings. The molecule has 0 aliphatic carbocycles. The minimum Gasteiger partial charge on any atom is -0.368 e. The summed E-state index contributed by atoms with van der Waals surface area (Å²) in [7, 11) is 2.03. The van der Waals surface area contributed by atoms with E-state index in [9.17, 15) is 0 Å². The highest BCUT2D eigenvalue weighted by molar-refractivity contribution is 5.85. The lowest BCUT2D eigenvalue weighted by Crippen LogP contribution is -2.44. The summed E-state index contributed by atoms with van der Waals surface area (Å²) in [6, 6.07) is 9.20. The Hall–Kier alpha value is -0.570. The van der Waals surface area contributed by atoms with Crippen molar-refractivity contribution in [3.05, 3.63) is 35.4 Å². The minimum absolute atomic E-state index is 0. The first-order valence-corrected chi connectivity index (χ1v) is 5.79. The molecule has 1 fully saturated rings. The van der Waals surface area contributed by atoms with Gasteiger partial charge < -0.3 is 10.1 Å². The Balaban J connectivity index is 0.000000963. The summed E-state index contributed by atoms with van der Waals surface area (Å²) in [5.41, 5.74) is 2.88. The molecule has 0 radical (unpaired) electrons. The van der Waals surface area contributed by atoms with Crippen molar-refractivity contribution < 1.29 is 4.74 Å². The molecule has 3 atom stereocenters. The van der Waals surface area contributed by atoms with Gasteiger partial charge in [-0.05, 0) is 37.4 Å². The Bertz CT molecular complexity index is 369. The van der Waals surface area contributed by atoms with Crippen molar-refractivity contribution in [2.45, 2.75) is 37.5 Å². The average Bonchev–Trinajstić information content (AvgIpc) is 2.30. The van der Waals surface area contributed by atoms with Gasteiger partial charge >= 0.3 is 0 Å². The second-order valence-electron chi connectivity index (χ2n) is 4.55. The Labute approximate surface area is 103 Å². The highest BCUT2D eigenvalue weighted by atomic mass is 35.5. The van der Waals surface area contributed by atoms with E-state index in [0.29, 0.717) is 12.1 Å². The molecule has 1 saturated heterocycles. The van der Waals surface area contributed by atoms with Gasteiger partial charge in [-0.1, -0.05) is 24.3 Å². The predicted octanol–water partition coefficient (Wildman–Crippen LogP) is 2.47. The number of likely N-dealkylation sites (N-methyl/N-ethyl adjacent to an activating group) is 1. The van der Waals surface area contributed by atoms with Gasteiger partial charge in [-0.25, -0.2) is 0 Å². The first kappa shape index (κ1) is 11.9. The van der Waals surface area contributed by atoms with Crippen molar-refractivity contribution in [1.82, 2.24) is 5.32 Å². The van der Waals surface area contributed by atoms with Gasteiger partial charge in [-0.15, -0.1) is 12.4 Å². The molecule has 0 amide bonds. The fourth-order valence-corrected chi connectivity index (χ4v) is 2.87. The lowest BCUT2D eigenvalue weighted by molar-refractivity contribution is -0.0793. The van der Waals surface area contributed by atoms with Gasteiger partial charge in [-0.3, -0.25) is 0 Å². The molecule has 2 nitrogen and oxygen atoms in total. The fourth-order valence-electron chi connectivity index (χ4n) is 2.87. The summed E-state index contributed by atoms with van der Waals surface area (Å²) in [4.78, 5) is 0. The van der Waals surface area contributed by atoms with Crippen LogP contribution in [0.5, 0.6) is 0 Å². The third kappa shape index (κ3) is 1.86. The highest BCUT2D eigenvalue weighted by Crippen LogP contribution is 2.39. The van der Waals surface area contributed by atoms with E-state index in [2.05, 4.69) is 29.6 Å². The number of halogens is 1. The molecular weight excluding hydrogens is 222 g/mol. The molecule has 16 heavy (non-hydrogen) atoms. The van der Waals surface area contributed by atoms with Gasteiger partial charge in [0.05, 0.1) is 12.2 Å². The third-order valence-electron chi connectivity index (χ3n) is 3.68. The van der Waals surface area contributed by atoms with Gasteiger partial charge in [0.1, 0.15) is 0 Å². The zero-order chi connectivity index (χ0) is 10.3. The van der Waals surface area contributed by atoms with Gasteiger partial charge in [0, 0.05) is 6.04 Å². The smallest absolute Gasteiger partial charge is 0.0984 e. The molecule has 88 valence electrons. The van der Waals surface area contributed by atoms with Crippen LogP contribution in [0.4, 0.5) is 0 Å². The van der Waals surface area contributed by atoms with Crippen molar-refractivity contribution >= 4 is 12.4 Å². The van der Waals surface area contributed by atoms with Crippen molar-refractivity contribution in [3.63, 3.8) is 0 Å². The van der Waals surface area contributed by atoms with Crippen molar-refractivity contribution in [2.24, 2.45) is 0 Å². The number of nitrogens with one attached hydrogen (secondary N) is 1. The third-order valence-corrected chi connectivity index (χ3v) is 3.68. The summed E-state index contributed by atoms with van der Waals surface area (Å²) < 4.78 is 6.09. The Kier molecular flexibility index (Phi) is 3.53. The van der Waals surface area contributed by atoms with Crippen molar-refractivity contribution in [1.29, 1.82) is 0 Å². The lowest BCUT2D eigenvalue weighted by Gasteiger charge is -2.41. The summed E-state index contributed by atoms with van der Waals surface area (Å²) >= 11 is 0. The van der Waals surface area contributed by atoms with Crippen LogP contribution in [0.1, 0.15) is 30.1 Å². The molecule has 1 N–H and O–H groups in total. The topological polar surface area (TPSA) is 21.3 Å². The molecule has 2 bridgehead atoms. The maximum Gasteiger partial charge on any atom is 0.0984 e. The fraction of sp³-hybridized carbons (Fsp3) is 0.538. The monoisotopic (exact) mass is 239 g/mol. The maximum absolute atomic E-state index is 6.09. The number of benzene rings is 1. The molecule has 3 rings (SSSR count). The van der Waals surface area contributed by atoms with Crippen LogP contribution in [0, 0.1) is 0 Å². The van der Waals surface area contributed by atoms with E-state index >= 15 is 0 Å². The van der Waals surface area contributed by atoms with E-state index in [1.165, 1.54) is 24.0 Å². The zero-order valence-electron chi connectivity index (χ0n) is 9.48. The van der Waals surface area contributed by atoms with Crippen LogP contribution in [0.25, 0.3) is 0 Å². The van der Waals surface area contributed by atoms with E-state index in [1.54, 1.807) is 0 Å². The molecule has 0 saturated carbocycles. The molecule has 1 aromatic rings. The normalized spacial score (nSPS) is 31.4. The Morgan fingerprint density at radius 1 is 1.25 bits per heavy atom. The van der Waals surface area contributed by atoms with Gasteiger partial charge in [0.2, 0.25) is 0 Å². The van der Waals surface area contributed by atoms with Crippen LogP contribution in [-0.4, -0.2) is 19.2 Å². The van der Waals surface area contributed by atoms with Gasteiger partial charge in [0.15, 0.2) is 0 Å². The maximum atomic E-state index is 6.09. The lowest BCUT2D eigenvalue weighted by atomic mass is 9.83. The number of fused-ring (bicyclic) bond motifs is 4. The van der Waals surface area contributed by atoms with Crippen LogP contribution in [0.15, 0.2) is 24.3 Å². The minimum atomic E-state index is 0. The quantitative estimate of drug-likeness (QED) is 0.813. The summed E-state index contributed by atoms with van der Waals surface area (Å²) in [5.74, 6) is 0. The molecule has 3 heteroatoms. The average molecular weight is 240 g/mol. The first-order valence-electron chi connectivity index (χ1n) is 5.79. The van der Waals surface area contributed by atoms with Gasteiger partial charge in [-0.2, -0.15) is 0 Å². The number of ether oxygens (including phenoxy) is 1. The standard InChI is InChI=1S/C13H17NO.ClH/c1-14-12-7-6-10-8-9-4-2-3-5-11(9)13(12)15-10;/h2-5,10,12-14H,6-8H2,1H3;1H/t10-,12-,13-;/m1./s1. The van der Waals surface area contributed by atoms with E-state index in [0.717, 1.165) is 6.42 Å². The van der Waals surface area contributed by atoms with Crippen LogP contribution in [0.2, 0.25) is 0 Å². The largest absolute Gasteiger partial charge is 0.368 e. The molecular formula is C13H18ClNO. The van der Waals surface area contributed by atoms with Crippen LogP contribution >= 0.6 is 12.4 Å². The van der Waals surface area contributed by atoms with E-state index in [-0.39, 0.29) is 18.5 Å². The van der Waals surface area contributed by atoms with E-state index in [4.69, 9.17) is 4.74 Å². The Morgan fingerprint density at radius 3 is 2.88 bits per heavy atom. The van der Waals surface area contributed by atoms with E-state index < -0.39 is 0 Å². The summed E-state index contributed by atoms with van der Waals surface area (Å²) in [6.07, 6.45) is 4.26. The molecule has 0 spiro atoms. The number of rotatable bonds is 1. The van der Waals surface area contributed by atoms with Crippen molar-refractivity contribution in [3.8, 4) is 0 Å². The summed E-state index contributed by atoms with van der Waals surface area (Å²) in [5, 5.41) is 3.38. The molecule has 1 aromatic carbocycles. The second kappa shape index (κ2) is 4.74. The first-order chi connectivity index (χ1) is 7.38. The van der Waals surface area contributed by atoms with Crippen molar-refractivity contribution in [2.75, 3.05) is 7.05 Å². The molecule has 0 aromatic heterocycles.